The monoisotopic (exact) mass is 302 g/mol. The first-order chi connectivity index (χ1) is 6.29. The van der Waals surface area contributed by atoms with E-state index in [1.165, 1.54) is 0 Å². The van der Waals surface area contributed by atoms with Gasteiger partial charge in [0.25, 0.3) is 0 Å². The quantitative estimate of drug-likeness (QED) is 0.811. The molecule has 2 aromatic heterocycles. The maximum absolute atomic E-state index is 4.17. The Hall–Kier alpha value is -0.750. The Kier molecular flexibility index (Phi) is 2.41. The van der Waals surface area contributed by atoms with E-state index in [0.717, 1.165) is 5.82 Å². The number of pyridine rings is 1. The van der Waals surface area contributed by atoms with Gasteiger partial charge in [0.05, 0.1) is 0 Å². The molecule has 0 aliphatic rings. The first-order valence-corrected chi connectivity index (χ1v) is 5.05. The van der Waals surface area contributed by atoms with Crippen LogP contribution in [0.15, 0.2) is 33.9 Å². The number of rotatable bonds is 1. The Morgan fingerprint density at radius 3 is 2.31 bits per heavy atom. The van der Waals surface area contributed by atoms with E-state index in [1.807, 2.05) is 18.2 Å². The van der Waals surface area contributed by atoms with E-state index in [1.54, 1.807) is 10.8 Å². The van der Waals surface area contributed by atoms with Crippen molar-refractivity contribution in [2.45, 2.75) is 0 Å². The Labute approximate surface area is 91.3 Å². The molecule has 6 heteroatoms. The molecule has 0 radical (unpaired) electrons. The highest BCUT2D eigenvalue weighted by atomic mass is 79.9. The fourth-order valence-corrected chi connectivity index (χ4v) is 2.02. The highest BCUT2D eigenvalue weighted by molar-refractivity contribution is 9.11. The Morgan fingerprint density at radius 2 is 1.77 bits per heavy atom. The lowest BCUT2D eigenvalue weighted by atomic mass is 10.5. The molecule has 0 bridgehead atoms. The highest BCUT2D eigenvalue weighted by Crippen LogP contribution is 2.18. The average Bonchev–Trinajstić information content (AvgIpc) is 2.48. The summed E-state index contributed by atoms with van der Waals surface area (Å²) in [7, 11) is 0. The predicted molar refractivity (Wildman–Crippen MR) is 54.6 cm³/mol. The molecule has 66 valence electrons. The van der Waals surface area contributed by atoms with E-state index >= 15 is 0 Å². The molecule has 2 aromatic rings. The minimum Gasteiger partial charge on any atom is -0.247 e. The van der Waals surface area contributed by atoms with Crippen LogP contribution in [-0.4, -0.2) is 19.7 Å². The van der Waals surface area contributed by atoms with Crippen LogP contribution in [0.1, 0.15) is 0 Å². The second kappa shape index (κ2) is 3.55. The predicted octanol–water partition coefficient (Wildman–Crippen LogP) is 2.19. The van der Waals surface area contributed by atoms with Crippen molar-refractivity contribution in [1.82, 2.24) is 19.7 Å². The van der Waals surface area contributed by atoms with Crippen molar-refractivity contribution in [3.63, 3.8) is 0 Å². The highest BCUT2D eigenvalue weighted by Gasteiger charge is 2.08. The normalized spacial score (nSPS) is 10.3. The molecule has 13 heavy (non-hydrogen) atoms. The first kappa shape index (κ1) is 8.83. The zero-order valence-corrected chi connectivity index (χ0v) is 9.53. The fraction of sp³-hybridized carbons (Fsp3) is 0. The van der Waals surface area contributed by atoms with Gasteiger partial charge in [-0.2, -0.15) is 0 Å². The van der Waals surface area contributed by atoms with Gasteiger partial charge in [0.2, 0.25) is 9.47 Å². The summed E-state index contributed by atoms with van der Waals surface area (Å²) in [6.45, 7) is 0. The van der Waals surface area contributed by atoms with E-state index in [0.29, 0.717) is 9.47 Å². The number of hydrogen-bond acceptors (Lipinski definition) is 3. The summed E-state index contributed by atoms with van der Waals surface area (Å²) in [4.78, 5) is 4.17. The van der Waals surface area contributed by atoms with Crippen LogP contribution in [0, 0.1) is 0 Å². The molecule has 0 saturated heterocycles. The van der Waals surface area contributed by atoms with Crippen molar-refractivity contribution in [2.75, 3.05) is 0 Å². The molecule has 0 aromatic carbocycles. The SMILES string of the molecule is Brc1nnc(Br)n1-c1ccccn1. The minimum atomic E-state index is 0.623. The van der Waals surface area contributed by atoms with Crippen molar-refractivity contribution in [1.29, 1.82) is 0 Å². The van der Waals surface area contributed by atoms with Gasteiger partial charge in [-0.15, -0.1) is 10.2 Å². The topological polar surface area (TPSA) is 43.6 Å². The summed E-state index contributed by atoms with van der Waals surface area (Å²) in [5.41, 5.74) is 0. The maximum atomic E-state index is 4.17. The van der Waals surface area contributed by atoms with Crippen LogP contribution in [0.2, 0.25) is 0 Å². The minimum absolute atomic E-state index is 0.623. The third-order valence-electron chi connectivity index (χ3n) is 1.46. The van der Waals surface area contributed by atoms with Gasteiger partial charge in [0.15, 0.2) is 0 Å². The molecule has 2 rings (SSSR count). The van der Waals surface area contributed by atoms with Gasteiger partial charge >= 0.3 is 0 Å². The Bertz CT molecular complexity index is 392. The van der Waals surface area contributed by atoms with Crippen molar-refractivity contribution < 1.29 is 0 Å². The van der Waals surface area contributed by atoms with Gasteiger partial charge in [-0.25, -0.2) is 9.55 Å². The lowest BCUT2D eigenvalue weighted by Gasteiger charge is -2.01. The molecule has 4 nitrogen and oxygen atoms in total. The van der Waals surface area contributed by atoms with Gasteiger partial charge in [-0.05, 0) is 44.0 Å². The number of halogens is 2. The van der Waals surface area contributed by atoms with Crippen molar-refractivity contribution in [2.24, 2.45) is 0 Å². The van der Waals surface area contributed by atoms with Crippen LogP contribution in [-0.2, 0) is 0 Å². The van der Waals surface area contributed by atoms with Crippen LogP contribution >= 0.6 is 31.9 Å². The molecular formula is C7H4Br2N4. The molecular weight excluding hydrogens is 300 g/mol. The summed E-state index contributed by atoms with van der Waals surface area (Å²) >= 11 is 6.55. The molecule has 0 saturated carbocycles. The van der Waals surface area contributed by atoms with Crippen molar-refractivity contribution >= 4 is 31.9 Å². The van der Waals surface area contributed by atoms with E-state index in [4.69, 9.17) is 0 Å². The van der Waals surface area contributed by atoms with Gasteiger partial charge < -0.3 is 0 Å². The molecule has 0 aliphatic heterocycles. The molecule has 2 heterocycles. The van der Waals surface area contributed by atoms with E-state index in [9.17, 15) is 0 Å². The molecule has 0 atom stereocenters. The largest absolute Gasteiger partial charge is 0.247 e. The van der Waals surface area contributed by atoms with E-state index in [2.05, 4.69) is 47.0 Å². The smallest absolute Gasteiger partial charge is 0.206 e. The van der Waals surface area contributed by atoms with Crippen molar-refractivity contribution in [3.05, 3.63) is 33.9 Å². The number of hydrogen-bond donors (Lipinski definition) is 0. The van der Waals surface area contributed by atoms with Gasteiger partial charge in [0, 0.05) is 6.20 Å². The number of aromatic nitrogens is 4. The fourth-order valence-electron chi connectivity index (χ4n) is 0.923. The number of nitrogens with zero attached hydrogens (tertiary/aromatic N) is 4. The van der Waals surface area contributed by atoms with Crippen LogP contribution < -0.4 is 0 Å². The van der Waals surface area contributed by atoms with Crippen LogP contribution in [0.3, 0.4) is 0 Å². The van der Waals surface area contributed by atoms with Crippen LogP contribution in [0.5, 0.6) is 0 Å². The molecule has 0 unspecified atom stereocenters. The molecule has 0 amide bonds. The standard InChI is InChI=1S/C7H4Br2N4/c8-6-11-12-7(9)13(6)5-3-1-2-4-10-5/h1-4H. The zero-order chi connectivity index (χ0) is 9.26. The second-order valence-electron chi connectivity index (χ2n) is 2.26. The zero-order valence-electron chi connectivity index (χ0n) is 6.35. The molecule has 0 fully saturated rings. The summed E-state index contributed by atoms with van der Waals surface area (Å²) in [6, 6.07) is 5.63. The summed E-state index contributed by atoms with van der Waals surface area (Å²) < 4.78 is 3.00. The van der Waals surface area contributed by atoms with E-state index in [-0.39, 0.29) is 0 Å². The van der Waals surface area contributed by atoms with E-state index < -0.39 is 0 Å². The van der Waals surface area contributed by atoms with Crippen LogP contribution in [0.25, 0.3) is 5.82 Å². The third-order valence-corrected chi connectivity index (χ3v) is 2.49. The van der Waals surface area contributed by atoms with Crippen molar-refractivity contribution in [3.8, 4) is 5.82 Å². The Balaban J connectivity index is 2.59. The van der Waals surface area contributed by atoms with Gasteiger partial charge in [-0.3, -0.25) is 0 Å². The first-order valence-electron chi connectivity index (χ1n) is 3.47. The molecule has 0 spiro atoms. The average molecular weight is 304 g/mol. The molecule has 0 N–H and O–H groups in total. The third kappa shape index (κ3) is 1.64. The Morgan fingerprint density at radius 1 is 1.08 bits per heavy atom. The maximum Gasteiger partial charge on any atom is 0.206 e. The van der Waals surface area contributed by atoms with Crippen LogP contribution in [0.4, 0.5) is 0 Å². The van der Waals surface area contributed by atoms with Gasteiger partial charge in [0.1, 0.15) is 5.82 Å². The lowest BCUT2D eigenvalue weighted by Crippen LogP contribution is -1.97. The summed E-state index contributed by atoms with van der Waals surface area (Å²) in [5.74, 6) is 0.770. The van der Waals surface area contributed by atoms with Gasteiger partial charge in [-0.1, -0.05) is 6.07 Å². The lowest BCUT2D eigenvalue weighted by molar-refractivity contribution is 0.939. The molecule has 0 aliphatic carbocycles. The summed E-state index contributed by atoms with van der Waals surface area (Å²) in [5, 5.41) is 7.67. The second-order valence-corrected chi connectivity index (χ2v) is 3.68. The summed E-state index contributed by atoms with van der Waals surface area (Å²) in [6.07, 6.45) is 1.72.